The predicted octanol–water partition coefficient (Wildman–Crippen LogP) is 3.25. The number of hydrogen-bond donors (Lipinski definition) is 1. The summed E-state index contributed by atoms with van der Waals surface area (Å²) in [5, 5.41) is 0. The van der Waals surface area contributed by atoms with Crippen molar-refractivity contribution < 1.29 is 9.53 Å². The Morgan fingerprint density at radius 1 is 1.07 bits per heavy atom. The summed E-state index contributed by atoms with van der Waals surface area (Å²) in [6.45, 7) is 6.98. The minimum atomic E-state index is 0.130. The van der Waals surface area contributed by atoms with Crippen molar-refractivity contribution in [3.63, 3.8) is 0 Å². The molecule has 3 fully saturated rings. The van der Waals surface area contributed by atoms with Gasteiger partial charge in [0.05, 0.1) is 6.04 Å². The van der Waals surface area contributed by atoms with Crippen molar-refractivity contribution in [1.82, 2.24) is 14.8 Å². The Bertz CT molecular complexity index is 828. The molecule has 1 N–H and O–H groups in total. The molecule has 3 atom stereocenters. The van der Waals surface area contributed by atoms with Crippen molar-refractivity contribution >= 4 is 5.91 Å². The number of carbonyl (C=O) groups excluding carboxylic acids is 1. The molecule has 5 nitrogen and oxygen atoms in total. The van der Waals surface area contributed by atoms with Gasteiger partial charge in [-0.05, 0) is 48.9 Å². The number of carbonyl (C=O) groups is 1. The Morgan fingerprint density at radius 3 is 2.64 bits per heavy atom. The Morgan fingerprint density at radius 2 is 1.89 bits per heavy atom. The molecule has 1 amide bonds. The average molecular weight is 380 g/mol. The first kappa shape index (κ1) is 18.0. The van der Waals surface area contributed by atoms with E-state index in [0.717, 1.165) is 45.7 Å². The van der Waals surface area contributed by atoms with E-state index in [9.17, 15) is 4.79 Å². The normalized spacial score (nSPS) is 28.6. The third-order valence-corrected chi connectivity index (χ3v) is 7.00. The number of ether oxygens (including phenoxy) is 1. The van der Waals surface area contributed by atoms with Gasteiger partial charge in [-0.2, -0.15) is 0 Å². The van der Waals surface area contributed by atoms with Crippen molar-refractivity contribution in [2.24, 2.45) is 11.8 Å². The quantitative estimate of drug-likeness (QED) is 0.891. The Labute approximate surface area is 166 Å². The minimum Gasteiger partial charge on any atom is -0.381 e. The molecule has 0 unspecified atom stereocenters. The Balaban J connectivity index is 1.44. The van der Waals surface area contributed by atoms with Crippen LogP contribution in [0, 0.1) is 18.8 Å². The highest BCUT2D eigenvalue weighted by molar-refractivity contribution is 5.93. The number of aryl methyl sites for hydroxylation is 1. The maximum Gasteiger partial charge on any atom is 0.270 e. The van der Waals surface area contributed by atoms with Gasteiger partial charge in [0.15, 0.2) is 0 Å². The highest BCUT2D eigenvalue weighted by atomic mass is 16.5. The summed E-state index contributed by atoms with van der Waals surface area (Å²) in [7, 11) is 0. The van der Waals surface area contributed by atoms with Crippen molar-refractivity contribution in [3.05, 3.63) is 59.4 Å². The topological polar surface area (TPSA) is 48.6 Å². The monoisotopic (exact) mass is 379 g/mol. The predicted molar refractivity (Wildman–Crippen MR) is 108 cm³/mol. The average Bonchev–Trinajstić information content (AvgIpc) is 3.45. The van der Waals surface area contributed by atoms with E-state index in [1.54, 1.807) is 0 Å². The van der Waals surface area contributed by atoms with Crippen molar-refractivity contribution in [2.45, 2.75) is 31.8 Å². The zero-order valence-corrected chi connectivity index (χ0v) is 16.5. The van der Waals surface area contributed by atoms with Crippen LogP contribution in [-0.4, -0.2) is 59.6 Å². The van der Waals surface area contributed by atoms with Gasteiger partial charge in [-0.15, -0.1) is 0 Å². The second kappa shape index (κ2) is 7.37. The molecule has 148 valence electrons. The summed E-state index contributed by atoms with van der Waals surface area (Å²) >= 11 is 0. The van der Waals surface area contributed by atoms with Gasteiger partial charge in [0, 0.05) is 51.0 Å². The number of H-pyrrole nitrogens is 1. The lowest BCUT2D eigenvalue weighted by atomic mass is 9.87. The number of nitrogens with zero attached hydrogens (tertiary/aromatic N) is 2. The lowest BCUT2D eigenvalue weighted by molar-refractivity contribution is 0.0361. The molecular weight excluding hydrogens is 350 g/mol. The van der Waals surface area contributed by atoms with Gasteiger partial charge in [0.2, 0.25) is 0 Å². The van der Waals surface area contributed by atoms with Gasteiger partial charge in [0.1, 0.15) is 5.69 Å². The second-order valence-electron chi connectivity index (χ2n) is 8.56. The van der Waals surface area contributed by atoms with Crippen LogP contribution in [0.2, 0.25) is 0 Å². The van der Waals surface area contributed by atoms with E-state index in [4.69, 9.17) is 4.74 Å². The minimum absolute atomic E-state index is 0.130. The summed E-state index contributed by atoms with van der Waals surface area (Å²) in [5.74, 6) is 1.18. The molecule has 3 saturated heterocycles. The molecule has 0 bridgehead atoms. The van der Waals surface area contributed by atoms with Crippen LogP contribution in [0.5, 0.6) is 0 Å². The molecule has 1 aromatic carbocycles. The van der Waals surface area contributed by atoms with Gasteiger partial charge in [-0.3, -0.25) is 9.69 Å². The molecule has 1 aromatic heterocycles. The standard InChI is InChI=1S/C23H29N3O2/c1-16-5-2-3-6-19(16)22-20-15-25(18-8-11-28-12-9-18)13-17(20)14-26(22)23(27)21-7-4-10-24-21/h2-7,10,17-18,20,22,24H,8-9,11-15H2,1H3/t17-,20-,22-/m0/s1. The van der Waals surface area contributed by atoms with Crippen LogP contribution in [-0.2, 0) is 4.74 Å². The van der Waals surface area contributed by atoms with Gasteiger partial charge in [-0.1, -0.05) is 24.3 Å². The van der Waals surface area contributed by atoms with E-state index in [2.05, 4.69) is 46.0 Å². The molecule has 5 heteroatoms. The number of likely N-dealkylation sites (tertiary alicyclic amines) is 2. The Kier molecular flexibility index (Phi) is 4.73. The van der Waals surface area contributed by atoms with Gasteiger partial charge < -0.3 is 14.6 Å². The van der Waals surface area contributed by atoms with E-state index in [-0.39, 0.29) is 11.9 Å². The number of nitrogens with one attached hydrogen (secondary N) is 1. The van der Waals surface area contributed by atoms with E-state index in [0.29, 0.717) is 23.6 Å². The van der Waals surface area contributed by atoms with E-state index < -0.39 is 0 Å². The third kappa shape index (κ3) is 3.07. The van der Waals surface area contributed by atoms with Crippen LogP contribution < -0.4 is 0 Å². The summed E-state index contributed by atoms with van der Waals surface area (Å²) in [5.41, 5.74) is 3.28. The third-order valence-electron chi connectivity index (χ3n) is 7.00. The molecule has 4 heterocycles. The summed E-state index contributed by atoms with van der Waals surface area (Å²) in [6, 6.07) is 13.2. The zero-order valence-electron chi connectivity index (χ0n) is 16.5. The lowest BCUT2D eigenvalue weighted by Crippen LogP contribution is -2.41. The largest absolute Gasteiger partial charge is 0.381 e. The number of rotatable bonds is 3. The van der Waals surface area contributed by atoms with Crippen LogP contribution in [0.4, 0.5) is 0 Å². The van der Waals surface area contributed by atoms with Gasteiger partial charge in [-0.25, -0.2) is 0 Å². The molecule has 3 aliphatic heterocycles. The molecule has 3 aliphatic rings. The van der Waals surface area contributed by atoms with Crippen LogP contribution >= 0.6 is 0 Å². The number of hydrogen-bond acceptors (Lipinski definition) is 3. The maximum absolute atomic E-state index is 13.3. The molecule has 0 radical (unpaired) electrons. The molecular formula is C23H29N3O2. The molecule has 2 aromatic rings. The fraction of sp³-hybridized carbons (Fsp3) is 0.522. The van der Waals surface area contributed by atoms with Crippen LogP contribution in [0.25, 0.3) is 0 Å². The molecule has 0 saturated carbocycles. The van der Waals surface area contributed by atoms with E-state index in [1.807, 2.05) is 18.3 Å². The highest BCUT2D eigenvalue weighted by Gasteiger charge is 2.50. The molecule has 0 aliphatic carbocycles. The number of aromatic amines is 1. The molecule has 5 rings (SSSR count). The zero-order chi connectivity index (χ0) is 19.1. The van der Waals surface area contributed by atoms with Crippen molar-refractivity contribution in [2.75, 3.05) is 32.8 Å². The van der Waals surface area contributed by atoms with Crippen LogP contribution in [0.15, 0.2) is 42.6 Å². The smallest absolute Gasteiger partial charge is 0.270 e. The lowest BCUT2D eigenvalue weighted by Gasteiger charge is -2.34. The summed E-state index contributed by atoms with van der Waals surface area (Å²) in [4.78, 5) is 21.2. The molecule has 0 spiro atoms. The van der Waals surface area contributed by atoms with E-state index in [1.165, 1.54) is 11.1 Å². The van der Waals surface area contributed by atoms with E-state index >= 15 is 0 Å². The summed E-state index contributed by atoms with van der Waals surface area (Å²) < 4.78 is 5.57. The second-order valence-corrected chi connectivity index (χ2v) is 8.56. The molecule has 28 heavy (non-hydrogen) atoms. The first-order chi connectivity index (χ1) is 13.7. The fourth-order valence-electron chi connectivity index (χ4n) is 5.57. The first-order valence-electron chi connectivity index (χ1n) is 10.5. The van der Waals surface area contributed by atoms with Crippen molar-refractivity contribution in [3.8, 4) is 0 Å². The fourth-order valence-corrected chi connectivity index (χ4v) is 5.57. The maximum atomic E-state index is 13.3. The first-order valence-corrected chi connectivity index (χ1v) is 10.5. The highest BCUT2D eigenvalue weighted by Crippen LogP contribution is 2.47. The number of benzene rings is 1. The van der Waals surface area contributed by atoms with Crippen LogP contribution in [0.1, 0.15) is 40.5 Å². The van der Waals surface area contributed by atoms with Gasteiger partial charge >= 0.3 is 0 Å². The summed E-state index contributed by atoms with van der Waals surface area (Å²) in [6.07, 6.45) is 4.11. The Hall–Kier alpha value is -2.11. The number of amides is 1. The number of aromatic nitrogens is 1. The number of fused-ring (bicyclic) bond motifs is 1. The van der Waals surface area contributed by atoms with Crippen molar-refractivity contribution in [1.29, 1.82) is 0 Å². The SMILES string of the molecule is Cc1ccccc1[C@H]1[C@H]2CN(C3CCOCC3)C[C@H]2CN1C(=O)c1ccc[nH]1. The van der Waals surface area contributed by atoms with Crippen LogP contribution in [0.3, 0.4) is 0 Å². The van der Waals surface area contributed by atoms with Gasteiger partial charge in [0.25, 0.3) is 5.91 Å².